The quantitative estimate of drug-likeness (QED) is 0.879. The van der Waals surface area contributed by atoms with Gasteiger partial charge in [0.2, 0.25) is 0 Å². The molecule has 0 aliphatic carbocycles. The van der Waals surface area contributed by atoms with E-state index in [0.29, 0.717) is 11.4 Å². The van der Waals surface area contributed by atoms with Gasteiger partial charge in [0.05, 0.1) is 11.6 Å². The fourth-order valence-electron chi connectivity index (χ4n) is 1.40. The van der Waals surface area contributed by atoms with Crippen molar-refractivity contribution in [1.82, 2.24) is 4.98 Å². The number of carbonyl (C=O) groups excluding carboxylic acids is 1. The van der Waals surface area contributed by atoms with Gasteiger partial charge in [-0.25, -0.2) is 9.78 Å². The third-order valence-corrected chi connectivity index (χ3v) is 3.82. The first-order chi connectivity index (χ1) is 9.51. The molecule has 0 radical (unpaired) electrons. The Morgan fingerprint density at radius 2 is 2.20 bits per heavy atom. The predicted molar refractivity (Wildman–Crippen MR) is 77.7 cm³/mol. The van der Waals surface area contributed by atoms with Crippen LogP contribution in [0.2, 0.25) is 0 Å². The molecule has 0 aliphatic rings. The minimum absolute atomic E-state index is 0.0873. The van der Waals surface area contributed by atoms with E-state index in [-0.39, 0.29) is 10.7 Å². The lowest BCUT2D eigenvalue weighted by Gasteiger charge is -2.07. The number of halogens is 1. The highest BCUT2D eigenvalue weighted by atomic mass is 79.9. The summed E-state index contributed by atoms with van der Waals surface area (Å²) in [5.41, 5.74) is 0.385. The molecular formula is C12H9BrN2O4S. The Bertz CT molecular complexity index is 671. The first kappa shape index (κ1) is 14.5. The lowest BCUT2D eigenvalue weighted by atomic mass is 10.3. The molecule has 0 aliphatic heterocycles. The number of carboxylic acids is 1. The standard InChI is InChI=1S/C12H9BrN2O4S/c1-19-9-4-6(2-3-7(9)13)14-10(16)11-15-8(5-20-11)12(17)18/h2-5H,1H3,(H,14,16)(H,17,18). The molecule has 0 saturated heterocycles. The van der Waals surface area contributed by atoms with Gasteiger partial charge in [-0.3, -0.25) is 4.79 Å². The number of aromatic carboxylic acids is 1. The van der Waals surface area contributed by atoms with Gasteiger partial charge in [0, 0.05) is 17.1 Å². The minimum Gasteiger partial charge on any atom is -0.495 e. The van der Waals surface area contributed by atoms with Crippen LogP contribution in [0, 0.1) is 0 Å². The zero-order chi connectivity index (χ0) is 14.7. The van der Waals surface area contributed by atoms with E-state index in [1.165, 1.54) is 12.5 Å². The van der Waals surface area contributed by atoms with Crippen LogP contribution >= 0.6 is 27.3 Å². The van der Waals surface area contributed by atoms with Crippen molar-refractivity contribution >= 4 is 44.8 Å². The van der Waals surface area contributed by atoms with Gasteiger partial charge in [0.1, 0.15) is 5.75 Å². The van der Waals surface area contributed by atoms with E-state index in [9.17, 15) is 9.59 Å². The highest BCUT2D eigenvalue weighted by molar-refractivity contribution is 9.10. The number of nitrogens with one attached hydrogen (secondary N) is 1. The van der Waals surface area contributed by atoms with Crippen LogP contribution in [0.15, 0.2) is 28.1 Å². The third kappa shape index (κ3) is 3.14. The first-order valence-corrected chi connectivity index (χ1v) is 7.02. The number of anilines is 1. The summed E-state index contributed by atoms with van der Waals surface area (Å²) < 4.78 is 5.88. The van der Waals surface area contributed by atoms with E-state index >= 15 is 0 Å². The smallest absolute Gasteiger partial charge is 0.355 e. The number of rotatable bonds is 4. The SMILES string of the molecule is COc1cc(NC(=O)c2nc(C(=O)O)cs2)ccc1Br. The Hall–Kier alpha value is -1.93. The maximum absolute atomic E-state index is 11.9. The van der Waals surface area contributed by atoms with Crippen LogP contribution in [-0.2, 0) is 0 Å². The number of thiazole rings is 1. The van der Waals surface area contributed by atoms with Crippen LogP contribution in [-0.4, -0.2) is 29.1 Å². The Balaban J connectivity index is 2.16. The van der Waals surface area contributed by atoms with E-state index in [2.05, 4.69) is 26.2 Å². The molecule has 6 nitrogen and oxygen atoms in total. The van der Waals surface area contributed by atoms with Gasteiger partial charge in [0.15, 0.2) is 10.7 Å². The summed E-state index contributed by atoms with van der Waals surface area (Å²) >= 11 is 4.28. The molecule has 0 fully saturated rings. The van der Waals surface area contributed by atoms with Crippen molar-refractivity contribution in [3.8, 4) is 5.75 Å². The molecule has 2 rings (SSSR count). The normalized spacial score (nSPS) is 10.1. The predicted octanol–water partition coefficient (Wildman–Crippen LogP) is 2.86. The summed E-state index contributed by atoms with van der Waals surface area (Å²) in [4.78, 5) is 26.4. The van der Waals surface area contributed by atoms with Gasteiger partial charge in [-0.05, 0) is 28.1 Å². The average molecular weight is 357 g/mol. The van der Waals surface area contributed by atoms with Crippen molar-refractivity contribution in [3.63, 3.8) is 0 Å². The van der Waals surface area contributed by atoms with E-state index in [1.807, 2.05) is 0 Å². The van der Waals surface area contributed by atoms with E-state index in [4.69, 9.17) is 9.84 Å². The average Bonchev–Trinajstić information content (AvgIpc) is 2.91. The summed E-state index contributed by atoms with van der Waals surface area (Å²) in [5.74, 6) is -1.05. The molecule has 2 aromatic rings. The van der Waals surface area contributed by atoms with Crippen molar-refractivity contribution < 1.29 is 19.4 Å². The zero-order valence-corrected chi connectivity index (χ0v) is 12.6. The molecule has 1 aromatic carbocycles. The lowest BCUT2D eigenvalue weighted by molar-refractivity contribution is 0.0691. The second-order valence-corrected chi connectivity index (χ2v) is 5.36. The fraction of sp³-hybridized carbons (Fsp3) is 0.0833. The number of carboxylic acid groups (broad SMARTS) is 1. The molecule has 1 heterocycles. The second-order valence-electron chi connectivity index (χ2n) is 3.65. The molecule has 0 saturated carbocycles. The number of benzene rings is 1. The third-order valence-electron chi connectivity index (χ3n) is 2.33. The van der Waals surface area contributed by atoms with E-state index in [0.717, 1.165) is 15.8 Å². The van der Waals surface area contributed by atoms with Gasteiger partial charge in [-0.15, -0.1) is 11.3 Å². The molecule has 104 valence electrons. The number of ether oxygens (including phenoxy) is 1. The van der Waals surface area contributed by atoms with Crippen LogP contribution < -0.4 is 10.1 Å². The van der Waals surface area contributed by atoms with Gasteiger partial charge < -0.3 is 15.2 Å². The van der Waals surface area contributed by atoms with Crippen LogP contribution in [0.5, 0.6) is 5.75 Å². The van der Waals surface area contributed by atoms with Crippen molar-refractivity contribution in [3.05, 3.63) is 38.8 Å². The number of carbonyl (C=O) groups is 2. The van der Waals surface area contributed by atoms with Crippen molar-refractivity contribution in [2.75, 3.05) is 12.4 Å². The molecule has 1 amide bonds. The molecule has 2 N–H and O–H groups in total. The Morgan fingerprint density at radius 3 is 2.80 bits per heavy atom. The summed E-state index contributed by atoms with van der Waals surface area (Å²) in [7, 11) is 1.52. The number of methoxy groups -OCH3 is 1. The maximum atomic E-state index is 11.9. The largest absolute Gasteiger partial charge is 0.495 e. The monoisotopic (exact) mass is 356 g/mol. The molecule has 0 spiro atoms. The first-order valence-electron chi connectivity index (χ1n) is 5.35. The van der Waals surface area contributed by atoms with Crippen molar-refractivity contribution in [2.24, 2.45) is 0 Å². The van der Waals surface area contributed by atoms with E-state index < -0.39 is 11.9 Å². The van der Waals surface area contributed by atoms with Crippen LogP contribution in [0.1, 0.15) is 20.3 Å². The zero-order valence-electron chi connectivity index (χ0n) is 10.2. The lowest BCUT2D eigenvalue weighted by Crippen LogP contribution is -2.12. The number of aromatic nitrogens is 1. The summed E-state index contributed by atoms with van der Waals surface area (Å²) in [5, 5.41) is 12.8. The summed E-state index contributed by atoms with van der Waals surface area (Å²) in [6.07, 6.45) is 0. The number of hydrogen-bond donors (Lipinski definition) is 2. The van der Waals surface area contributed by atoms with Crippen molar-refractivity contribution in [2.45, 2.75) is 0 Å². The van der Waals surface area contributed by atoms with Crippen LogP contribution in [0.25, 0.3) is 0 Å². The second kappa shape index (κ2) is 6.02. The Labute approximate surface area is 126 Å². The highest BCUT2D eigenvalue weighted by Crippen LogP contribution is 2.28. The topological polar surface area (TPSA) is 88.5 Å². The minimum atomic E-state index is -1.16. The molecule has 8 heteroatoms. The molecule has 0 atom stereocenters. The summed E-state index contributed by atoms with van der Waals surface area (Å²) in [6, 6.07) is 5.07. The van der Waals surface area contributed by atoms with Gasteiger partial charge >= 0.3 is 5.97 Å². The fourth-order valence-corrected chi connectivity index (χ4v) is 2.49. The number of hydrogen-bond acceptors (Lipinski definition) is 5. The summed E-state index contributed by atoms with van der Waals surface area (Å²) in [6.45, 7) is 0. The highest BCUT2D eigenvalue weighted by Gasteiger charge is 2.15. The molecular weight excluding hydrogens is 348 g/mol. The van der Waals surface area contributed by atoms with E-state index in [1.54, 1.807) is 18.2 Å². The Kier molecular flexibility index (Phi) is 4.35. The molecule has 0 bridgehead atoms. The van der Waals surface area contributed by atoms with Gasteiger partial charge in [-0.1, -0.05) is 0 Å². The molecule has 20 heavy (non-hydrogen) atoms. The molecule has 1 aromatic heterocycles. The molecule has 0 unspecified atom stereocenters. The maximum Gasteiger partial charge on any atom is 0.355 e. The Morgan fingerprint density at radius 1 is 1.45 bits per heavy atom. The van der Waals surface area contributed by atoms with Crippen LogP contribution in [0.4, 0.5) is 5.69 Å². The van der Waals surface area contributed by atoms with Gasteiger partial charge in [-0.2, -0.15) is 0 Å². The number of nitrogens with zero attached hydrogens (tertiary/aromatic N) is 1. The van der Waals surface area contributed by atoms with Crippen LogP contribution in [0.3, 0.4) is 0 Å². The van der Waals surface area contributed by atoms with Crippen molar-refractivity contribution in [1.29, 1.82) is 0 Å². The number of amides is 1. The van der Waals surface area contributed by atoms with Gasteiger partial charge in [0.25, 0.3) is 5.91 Å².